The molecule has 108 valence electrons. The predicted octanol–water partition coefficient (Wildman–Crippen LogP) is 3.15. The number of rotatable bonds is 5. The SMILES string of the molecule is CCNCc1sc(N2CCSC(C)(C)C2)nc1CC. The topological polar surface area (TPSA) is 28.2 Å². The second-order valence-corrected chi connectivity index (χ2v) is 8.39. The standard InChI is InChI=1S/C14H25N3S2/c1-5-11-12(9-15-6-2)19-13(16-11)17-7-8-18-14(3,4)10-17/h15H,5-10H2,1-4H3. The van der Waals surface area contributed by atoms with Crippen LogP contribution in [-0.2, 0) is 13.0 Å². The Morgan fingerprint density at radius 1 is 1.37 bits per heavy atom. The van der Waals surface area contributed by atoms with Crippen LogP contribution in [0, 0.1) is 0 Å². The van der Waals surface area contributed by atoms with E-state index in [9.17, 15) is 0 Å². The predicted molar refractivity (Wildman–Crippen MR) is 87.6 cm³/mol. The highest BCUT2D eigenvalue weighted by Gasteiger charge is 2.29. The van der Waals surface area contributed by atoms with Crippen molar-refractivity contribution in [3.05, 3.63) is 10.6 Å². The lowest BCUT2D eigenvalue weighted by Crippen LogP contribution is -2.43. The van der Waals surface area contributed by atoms with Gasteiger partial charge < -0.3 is 10.2 Å². The molecule has 19 heavy (non-hydrogen) atoms. The van der Waals surface area contributed by atoms with Gasteiger partial charge >= 0.3 is 0 Å². The number of anilines is 1. The van der Waals surface area contributed by atoms with E-state index >= 15 is 0 Å². The monoisotopic (exact) mass is 299 g/mol. The van der Waals surface area contributed by atoms with Crippen molar-refractivity contribution in [2.75, 3.05) is 30.3 Å². The van der Waals surface area contributed by atoms with Gasteiger partial charge in [-0.05, 0) is 26.8 Å². The molecular weight excluding hydrogens is 274 g/mol. The van der Waals surface area contributed by atoms with Crippen LogP contribution in [0.1, 0.15) is 38.3 Å². The molecular formula is C14H25N3S2. The van der Waals surface area contributed by atoms with Crippen LogP contribution < -0.4 is 10.2 Å². The Morgan fingerprint density at radius 3 is 2.79 bits per heavy atom. The van der Waals surface area contributed by atoms with Crippen LogP contribution in [0.5, 0.6) is 0 Å². The maximum atomic E-state index is 4.87. The Bertz CT molecular complexity index is 415. The summed E-state index contributed by atoms with van der Waals surface area (Å²) >= 11 is 3.95. The second kappa shape index (κ2) is 6.46. The van der Waals surface area contributed by atoms with Crippen molar-refractivity contribution in [3.63, 3.8) is 0 Å². The summed E-state index contributed by atoms with van der Waals surface area (Å²) in [5.74, 6) is 1.20. The molecule has 3 nitrogen and oxygen atoms in total. The van der Waals surface area contributed by atoms with Crippen LogP contribution in [-0.4, -0.2) is 35.1 Å². The van der Waals surface area contributed by atoms with Crippen molar-refractivity contribution >= 4 is 28.2 Å². The number of hydrogen-bond acceptors (Lipinski definition) is 5. The number of nitrogens with one attached hydrogen (secondary N) is 1. The van der Waals surface area contributed by atoms with E-state index in [2.05, 4.69) is 49.7 Å². The van der Waals surface area contributed by atoms with Gasteiger partial charge in [-0.2, -0.15) is 11.8 Å². The first-order valence-corrected chi connectivity index (χ1v) is 8.94. The van der Waals surface area contributed by atoms with E-state index in [-0.39, 0.29) is 0 Å². The van der Waals surface area contributed by atoms with E-state index in [1.165, 1.54) is 21.5 Å². The van der Waals surface area contributed by atoms with Gasteiger partial charge in [0.1, 0.15) is 0 Å². The Labute approximate surface area is 125 Å². The molecule has 1 aliphatic heterocycles. The van der Waals surface area contributed by atoms with E-state index in [0.29, 0.717) is 4.75 Å². The molecule has 1 aliphatic rings. The number of hydrogen-bond donors (Lipinski definition) is 1. The summed E-state index contributed by atoms with van der Waals surface area (Å²) in [5, 5.41) is 4.64. The zero-order valence-corrected chi connectivity index (χ0v) is 14.1. The summed E-state index contributed by atoms with van der Waals surface area (Å²) in [6, 6.07) is 0. The minimum atomic E-state index is 0.345. The third-order valence-electron chi connectivity index (χ3n) is 3.33. The number of nitrogens with zero attached hydrogens (tertiary/aromatic N) is 2. The van der Waals surface area contributed by atoms with Crippen molar-refractivity contribution in [2.45, 2.75) is 45.4 Å². The smallest absolute Gasteiger partial charge is 0.185 e. The number of aryl methyl sites for hydroxylation is 1. The van der Waals surface area contributed by atoms with Crippen molar-refractivity contribution in [1.82, 2.24) is 10.3 Å². The molecule has 1 saturated heterocycles. The fourth-order valence-electron chi connectivity index (χ4n) is 2.34. The molecule has 0 aliphatic carbocycles. The van der Waals surface area contributed by atoms with E-state index < -0.39 is 0 Å². The molecule has 2 heterocycles. The van der Waals surface area contributed by atoms with E-state index in [1.54, 1.807) is 0 Å². The van der Waals surface area contributed by atoms with Crippen LogP contribution in [0.25, 0.3) is 0 Å². The minimum Gasteiger partial charge on any atom is -0.346 e. The van der Waals surface area contributed by atoms with E-state index in [1.807, 2.05) is 11.3 Å². The molecule has 0 saturated carbocycles. The molecule has 1 aromatic rings. The van der Waals surface area contributed by atoms with Crippen LogP contribution in [0.15, 0.2) is 0 Å². The highest BCUT2D eigenvalue weighted by molar-refractivity contribution is 8.00. The minimum absolute atomic E-state index is 0.345. The van der Waals surface area contributed by atoms with Gasteiger partial charge in [0.15, 0.2) is 5.13 Å². The summed E-state index contributed by atoms with van der Waals surface area (Å²) < 4.78 is 0.345. The Kier molecular flexibility index (Phi) is 5.15. The fourth-order valence-corrected chi connectivity index (χ4v) is 4.59. The molecule has 1 aromatic heterocycles. The fraction of sp³-hybridized carbons (Fsp3) is 0.786. The zero-order valence-electron chi connectivity index (χ0n) is 12.5. The lowest BCUT2D eigenvalue weighted by Gasteiger charge is -2.37. The average Bonchev–Trinajstić information content (AvgIpc) is 2.78. The molecule has 0 bridgehead atoms. The van der Waals surface area contributed by atoms with Gasteiger partial charge in [0.25, 0.3) is 0 Å². The third kappa shape index (κ3) is 3.86. The molecule has 0 atom stereocenters. The quantitative estimate of drug-likeness (QED) is 0.904. The third-order valence-corrected chi connectivity index (χ3v) is 5.79. The van der Waals surface area contributed by atoms with Crippen molar-refractivity contribution in [1.29, 1.82) is 0 Å². The summed E-state index contributed by atoms with van der Waals surface area (Å²) in [7, 11) is 0. The molecule has 0 aromatic carbocycles. The van der Waals surface area contributed by atoms with Crippen LogP contribution in [0.2, 0.25) is 0 Å². The normalized spacial score (nSPS) is 18.8. The van der Waals surface area contributed by atoms with Crippen LogP contribution in [0.3, 0.4) is 0 Å². The van der Waals surface area contributed by atoms with E-state index in [4.69, 9.17) is 4.98 Å². The maximum absolute atomic E-state index is 4.87. The molecule has 0 amide bonds. The van der Waals surface area contributed by atoms with Gasteiger partial charge in [0, 0.05) is 35.0 Å². The van der Waals surface area contributed by atoms with Gasteiger partial charge in [-0.3, -0.25) is 0 Å². The number of aromatic nitrogens is 1. The molecule has 0 radical (unpaired) electrons. The average molecular weight is 300 g/mol. The Hall–Kier alpha value is -0.260. The van der Waals surface area contributed by atoms with Crippen LogP contribution >= 0.6 is 23.1 Å². The molecule has 5 heteroatoms. The molecule has 0 spiro atoms. The van der Waals surface area contributed by atoms with Gasteiger partial charge in [-0.15, -0.1) is 11.3 Å². The first-order chi connectivity index (χ1) is 9.05. The molecule has 0 unspecified atom stereocenters. The van der Waals surface area contributed by atoms with Crippen LogP contribution in [0.4, 0.5) is 5.13 Å². The molecule has 1 fully saturated rings. The van der Waals surface area contributed by atoms with Gasteiger partial charge in [-0.1, -0.05) is 13.8 Å². The largest absolute Gasteiger partial charge is 0.346 e. The second-order valence-electron chi connectivity index (χ2n) is 5.53. The lowest BCUT2D eigenvalue weighted by molar-refractivity contribution is 0.645. The van der Waals surface area contributed by atoms with E-state index in [0.717, 1.165) is 32.6 Å². The first-order valence-electron chi connectivity index (χ1n) is 7.14. The highest BCUT2D eigenvalue weighted by atomic mass is 32.2. The number of thiazole rings is 1. The molecule has 2 rings (SSSR count). The lowest BCUT2D eigenvalue weighted by atomic mass is 10.2. The highest BCUT2D eigenvalue weighted by Crippen LogP contribution is 2.35. The Balaban J connectivity index is 2.13. The Morgan fingerprint density at radius 2 is 2.16 bits per heavy atom. The summed E-state index contributed by atoms with van der Waals surface area (Å²) in [5.41, 5.74) is 1.27. The molecule has 1 N–H and O–H groups in total. The van der Waals surface area contributed by atoms with Gasteiger partial charge in [-0.25, -0.2) is 4.98 Å². The summed E-state index contributed by atoms with van der Waals surface area (Å²) in [6.07, 6.45) is 1.03. The van der Waals surface area contributed by atoms with Gasteiger partial charge in [0.05, 0.1) is 5.69 Å². The van der Waals surface area contributed by atoms with Crippen molar-refractivity contribution in [3.8, 4) is 0 Å². The maximum Gasteiger partial charge on any atom is 0.185 e. The van der Waals surface area contributed by atoms with Gasteiger partial charge in [0.2, 0.25) is 0 Å². The summed E-state index contributed by atoms with van der Waals surface area (Å²) in [6.45, 7) is 13.2. The van der Waals surface area contributed by atoms with Crippen molar-refractivity contribution in [2.24, 2.45) is 0 Å². The zero-order chi connectivity index (χ0) is 13.9. The van der Waals surface area contributed by atoms with Crippen molar-refractivity contribution < 1.29 is 0 Å². The first kappa shape index (κ1) is 15.1. The summed E-state index contributed by atoms with van der Waals surface area (Å²) in [4.78, 5) is 8.75. The number of thioether (sulfide) groups is 1.